The first-order valence-electron chi connectivity index (χ1n) is 9.98. The SMILES string of the molecule is CC1CCCC(C(=O)CN2C(=O)N(C)C(C)(C3CCCCC3)C2=O)C1. The fourth-order valence-electron chi connectivity index (χ4n) is 5.15. The van der Waals surface area contributed by atoms with Crippen molar-refractivity contribution < 1.29 is 14.4 Å². The van der Waals surface area contributed by atoms with Crippen LogP contribution in [0.25, 0.3) is 0 Å². The molecular formula is C20H32N2O3. The number of nitrogens with zero attached hydrogens (tertiary/aromatic N) is 2. The molecule has 0 bridgehead atoms. The summed E-state index contributed by atoms with van der Waals surface area (Å²) in [5.41, 5.74) is -0.780. The lowest BCUT2D eigenvalue weighted by Crippen LogP contribution is -2.52. The second kappa shape index (κ2) is 7.08. The average Bonchev–Trinajstić information content (AvgIpc) is 2.78. The van der Waals surface area contributed by atoms with Crippen molar-refractivity contribution in [3.63, 3.8) is 0 Å². The molecule has 2 aliphatic carbocycles. The maximum Gasteiger partial charge on any atom is 0.327 e. The molecule has 0 radical (unpaired) electrons. The Morgan fingerprint density at radius 3 is 2.40 bits per heavy atom. The van der Waals surface area contributed by atoms with Crippen LogP contribution in [0.1, 0.15) is 71.6 Å². The predicted octanol–water partition coefficient (Wildman–Crippen LogP) is 3.61. The Kier molecular flexibility index (Phi) is 5.21. The lowest BCUT2D eigenvalue weighted by Gasteiger charge is -2.38. The van der Waals surface area contributed by atoms with Gasteiger partial charge in [0.25, 0.3) is 5.91 Å². The zero-order valence-corrected chi connectivity index (χ0v) is 15.9. The molecule has 2 saturated carbocycles. The predicted molar refractivity (Wildman–Crippen MR) is 96.0 cm³/mol. The van der Waals surface area contributed by atoms with Crippen LogP contribution in [-0.2, 0) is 9.59 Å². The molecule has 3 aliphatic rings. The van der Waals surface area contributed by atoms with E-state index in [4.69, 9.17) is 0 Å². The highest BCUT2D eigenvalue weighted by molar-refractivity contribution is 6.09. The molecule has 0 N–H and O–H groups in total. The van der Waals surface area contributed by atoms with Gasteiger partial charge in [-0.25, -0.2) is 4.79 Å². The highest BCUT2D eigenvalue weighted by atomic mass is 16.2. The van der Waals surface area contributed by atoms with Gasteiger partial charge in [0.05, 0.1) is 6.54 Å². The Hall–Kier alpha value is -1.39. The number of carbonyl (C=O) groups is 3. The maximum atomic E-state index is 13.1. The number of likely N-dealkylation sites (N-methyl/N-ethyl adjacent to an activating group) is 1. The van der Waals surface area contributed by atoms with Crippen molar-refractivity contribution in [2.24, 2.45) is 17.8 Å². The van der Waals surface area contributed by atoms with Gasteiger partial charge in [-0.2, -0.15) is 0 Å². The van der Waals surface area contributed by atoms with Crippen molar-refractivity contribution in [2.75, 3.05) is 13.6 Å². The summed E-state index contributed by atoms with van der Waals surface area (Å²) in [4.78, 5) is 41.4. The number of hydrogen-bond acceptors (Lipinski definition) is 3. The summed E-state index contributed by atoms with van der Waals surface area (Å²) in [6, 6.07) is -0.296. The van der Waals surface area contributed by atoms with Crippen molar-refractivity contribution >= 4 is 17.7 Å². The van der Waals surface area contributed by atoms with E-state index < -0.39 is 5.54 Å². The topological polar surface area (TPSA) is 57.7 Å². The van der Waals surface area contributed by atoms with E-state index in [1.54, 1.807) is 11.9 Å². The second-order valence-electron chi connectivity index (χ2n) is 8.65. The lowest BCUT2D eigenvalue weighted by atomic mass is 9.75. The molecule has 1 saturated heterocycles. The van der Waals surface area contributed by atoms with Crippen LogP contribution < -0.4 is 0 Å². The van der Waals surface area contributed by atoms with Crippen LogP contribution in [0.5, 0.6) is 0 Å². The van der Waals surface area contributed by atoms with Crippen LogP contribution >= 0.6 is 0 Å². The van der Waals surface area contributed by atoms with Crippen LogP contribution in [0, 0.1) is 17.8 Å². The Labute approximate surface area is 151 Å². The van der Waals surface area contributed by atoms with E-state index in [-0.39, 0.29) is 36.1 Å². The van der Waals surface area contributed by atoms with Crippen molar-refractivity contribution in [1.29, 1.82) is 0 Å². The quantitative estimate of drug-likeness (QED) is 0.729. The molecule has 5 nitrogen and oxygen atoms in total. The van der Waals surface area contributed by atoms with Gasteiger partial charge < -0.3 is 4.90 Å². The number of urea groups is 1. The minimum Gasteiger partial charge on any atom is -0.313 e. The van der Waals surface area contributed by atoms with E-state index in [2.05, 4.69) is 6.92 Å². The summed E-state index contributed by atoms with van der Waals surface area (Å²) in [5.74, 6) is 0.676. The number of amides is 3. The number of imide groups is 1. The van der Waals surface area contributed by atoms with Gasteiger partial charge >= 0.3 is 6.03 Å². The van der Waals surface area contributed by atoms with E-state index in [9.17, 15) is 14.4 Å². The molecule has 3 fully saturated rings. The lowest BCUT2D eigenvalue weighted by molar-refractivity contribution is -0.138. The minimum atomic E-state index is -0.780. The molecule has 3 unspecified atom stereocenters. The molecule has 0 aromatic carbocycles. The molecule has 1 heterocycles. The Balaban J connectivity index is 1.72. The van der Waals surface area contributed by atoms with E-state index in [1.807, 2.05) is 6.92 Å². The van der Waals surface area contributed by atoms with E-state index >= 15 is 0 Å². The highest BCUT2D eigenvalue weighted by Gasteiger charge is 2.56. The summed E-state index contributed by atoms with van der Waals surface area (Å²) in [7, 11) is 1.72. The van der Waals surface area contributed by atoms with Crippen LogP contribution in [0.2, 0.25) is 0 Å². The number of carbonyl (C=O) groups excluding carboxylic acids is 3. The van der Waals surface area contributed by atoms with Gasteiger partial charge in [0, 0.05) is 13.0 Å². The Morgan fingerprint density at radius 2 is 1.76 bits per heavy atom. The Morgan fingerprint density at radius 1 is 1.08 bits per heavy atom. The van der Waals surface area contributed by atoms with E-state index in [0.717, 1.165) is 44.9 Å². The van der Waals surface area contributed by atoms with Gasteiger partial charge in [0.1, 0.15) is 5.54 Å². The van der Waals surface area contributed by atoms with Gasteiger partial charge in [-0.05, 0) is 44.4 Å². The monoisotopic (exact) mass is 348 g/mol. The standard InChI is InChI=1S/C20H32N2O3/c1-14-8-7-9-15(12-14)17(23)13-22-18(24)20(2,21(3)19(22)25)16-10-5-4-6-11-16/h14-16H,4-13H2,1-3H3. The fraction of sp³-hybridized carbons (Fsp3) is 0.850. The van der Waals surface area contributed by atoms with Crippen LogP contribution in [0.15, 0.2) is 0 Å². The van der Waals surface area contributed by atoms with Crippen LogP contribution in [0.3, 0.4) is 0 Å². The van der Waals surface area contributed by atoms with Gasteiger partial charge in [-0.15, -0.1) is 0 Å². The summed E-state index contributed by atoms with van der Waals surface area (Å²) in [6.45, 7) is 4.04. The smallest absolute Gasteiger partial charge is 0.313 e. The number of ketones is 1. The summed E-state index contributed by atoms with van der Waals surface area (Å²) < 4.78 is 0. The van der Waals surface area contributed by atoms with Crippen molar-refractivity contribution in [2.45, 2.75) is 77.2 Å². The fourth-order valence-corrected chi connectivity index (χ4v) is 5.15. The molecule has 3 atom stereocenters. The highest BCUT2D eigenvalue weighted by Crippen LogP contribution is 2.41. The van der Waals surface area contributed by atoms with Crippen molar-refractivity contribution in [1.82, 2.24) is 9.80 Å². The first-order chi connectivity index (χ1) is 11.9. The molecule has 25 heavy (non-hydrogen) atoms. The third kappa shape index (κ3) is 3.22. The van der Waals surface area contributed by atoms with Gasteiger partial charge in [0.15, 0.2) is 5.78 Å². The number of rotatable bonds is 4. The average molecular weight is 348 g/mol. The number of Topliss-reactive ketones (excluding diaryl/α,β-unsaturated/α-hetero) is 1. The third-order valence-corrected chi connectivity index (χ3v) is 7.00. The summed E-state index contributed by atoms with van der Waals surface area (Å²) in [6.07, 6.45) is 9.46. The molecule has 1 aliphatic heterocycles. The minimum absolute atomic E-state index is 0.0104. The van der Waals surface area contributed by atoms with E-state index in [0.29, 0.717) is 5.92 Å². The normalized spacial score (nSPS) is 34.7. The molecule has 140 valence electrons. The summed E-state index contributed by atoms with van der Waals surface area (Å²) >= 11 is 0. The maximum absolute atomic E-state index is 13.1. The third-order valence-electron chi connectivity index (χ3n) is 7.00. The Bertz CT molecular complexity index is 555. The van der Waals surface area contributed by atoms with Crippen LogP contribution in [0.4, 0.5) is 4.79 Å². The second-order valence-corrected chi connectivity index (χ2v) is 8.65. The molecule has 3 amide bonds. The molecule has 0 aromatic rings. The van der Waals surface area contributed by atoms with Gasteiger partial charge in [0.2, 0.25) is 0 Å². The zero-order valence-electron chi connectivity index (χ0n) is 15.9. The van der Waals surface area contributed by atoms with Gasteiger partial charge in [-0.1, -0.05) is 39.0 Å². The molecule has 5 heteroatoms. The molecule has 0 aromatic heterocycles. The van der Waals surface area contributed by atoms with Crippen molar-refractivity contribution in [3.8, 4) is 0 Å². The summed E-state index contributed by atoms with van der Waals surface area (Å²) in [5, 5.41) is 0. The largest absolute Gasteiger partial charge is 0.327 e. The van der Waals surface area contributed by atoms with Crippen LogP contribution in [-0.4, -0.2) is 46.7 Å². The first-order valence-corrected chi connectivity index (χ1v) is 9.98. The number of hydrogen-bond donors (Lipinski definition) is 0. The molecule has 0 spiro atoms. The van der Waals surface area contributed by atoms with E-state index in [1.165, 1.54) is 17.7 Å². The first kappa shape index (κ1) is 18.4. The molecular weight excluding hydrogens is 316 g/mol. The van der Waals surface area contributed by atoms with Gasteiger partial charge in [-0.3, -0.25) is 14.5 Å². The zero-order chi connectivity index (χ0) is 18.2. The van der Waals surface area contributed by atoms with Crippen molar-refractivity contribution in [3.05, 3.63) is 0 Å². The molecule has 3 rings (SSSR count).